The fourth-order valence-electron chi connectivity index (χ4n) is 1.85. The summed E-state index contributed by atoms with van der Waals surface area (Å²) in [5, 5.41) is 21.8. The number of carbonyl (C=O) groups excluding carboxylic acids is 1. The van der Waals surface area contributed by atoms with Crippen LogP contribution in [0.2, 0.25) is 0 Å². The van der Waals surface area contributed by atoms with Crippen LogP contribution in [0.5, 0.6) is 0 Å². The molecule has 2 amide bonds. The second-order valence-electron chi connectivity index (χ2n) is 4.97. The van der Waals surface area contributed by atoms with Gasteiger partial charge in [-0.15, -0.1) is 10.2 Å². The zero-order chi connectivity index (χ0) is 15.7. The summed E-state index contributed by atoms with van der Waals surface area (Å²) in [6.45, 7) is 5.56. The monoisotopic (exact) mass is 297 g/mol. The minimum atomic E-state index is -0.785. The Morgan fingerprint density at radius 1 is 1.38 bits per heavy atom. The molecule has 1 aromatic heterocycles. The lowest BCUT2D eigenvalue weighted by Crippen LogP contribution is -2.36. The summed E-state index contributed by atoms with van der Waals surface area (Å²) in [4.78, 5) is 22.1. The number of amides is 2. The third-order valence-corrected chi connectivity index (χ3v) is 3.22. The summed E-state index contributed by atoms with van der Waals surface area (Å²) in [6.07, 6.45) is 3.17. The van der Waals surface area contributed by atoms with Gasteiger partial charge in [0.1, 0.15) is 6.33 Å². The molecular weight excluding hydrogens is 274 g/mol. The molecule has 0 radical (unpaired) electrons. The summed E-state index contributed by atoms with van der Waals surface area (Å²) >= 11 is 0. The van der Waals surface area contributed by atoms with Crippen molar-refractivity contribution < 1.29 is 14.7 Å². The second-order valence-corrected chi connectivity index (χ2v) is 4.97. The topological polar surface area (TPSA) is 109 Å². The number of urea groups is 1. The Balaban J connectivity index is 2.15. The molecule has 1 heterocycles. The molecule has 8 nitrogen and oxygen atoms in total. The maximum absolute atomic E-state index is 11.6. The van der Waals surface area contributed by atoms with E-state index in [2.05, 4.69) is 20.8 Å². The molecule has 1 aromatic rings. The van der Waals surface area contributed by atoms with Crippen molar-refractivity contribution in [3.63, 3.8) is 0 Å². The number of aryl methyl sites for hydroxylation is 1. The van der Waals surface area contributed by atoms with E-state index in [1.165, 1.54) is 0 Å². The van der Waals surface area contributed by atoms with Gasteiger partial charge in [-0.05, 0) is 25.7 Å². The third kappa shape index (κ3) is 6.73. The molecule has 118 valence electrons. The number of carbonyl (C=O) groups is 2. The van der Waals surface area contributed by atoms with Crippen LogP contribution in [0.3, 0.4) is 0 Å². The predicted octanol–water partition coefficient (Wildman–Crippen LogP) is 0.988. The lowest BCUT2D eigenvalue weighted by Gasteiger charge is -2.11. The van der Waals surface area contributed by atoms with E-state index < -0.39 is 5.97 Å². The summed E-state index contributed by atoms with van der Waals surface area (Å²) in [5.41, 5.74) is 0. The molecule has 0 bridgehead atoms. The van der Waals surface area contributed by atoms with E-state index in [1.807, 2.05) is 18.4 Å². The van der Waals surface area contributed by atoms with Gasteiger partial charge in [0.15, 0.2) is 5.82 Å². The molecule has 0 fully saturated rings. The van der Waals surface area contributed by atoms with E-state index in [9.17, 15) is 9.59 Å². The van der Waals surface area contributed by atoms with Gasteiger partial charge in [0.25, 0.3) is 0 Å². The highest BCUT2D eigenvalue weighted by atomic mass is 16.4. The zero-order valence-electron chi connectivity index (χ0n) is 12.5. The van der Waals surface area contributed by atoms with Gasteiger partial charge in [-0.1, -0.05) is 6.92 Å². The van der Waals surface area contributed by atoms with E-state index in [0.29, 0.717) is 25.3 Å². The molecule has 1 atom stereocenters. The molecule has 0 aromatic carbocycles. The Morgan fingerprint density at radius 3 is 2.81 bits per heavy atom. The maximum atomic E-state index is 11.6. The Kier molecular flexibility index (Phi) is 7.20. The van der Waals surface area contributed by atoms with E-state index in [0.717, 1.165) is 13.0 Å². The van der Waals surface area contributed by atoms with Crippen LogP contribution in [0.4, 0.5) is 4.79 Å². The van der Waals surface area contributed by atoms with Gasteiger partial charge in [-0.3, -0.25) is 4.79 Å². The third-order valence-electron chi connectivity index (χ3n) is 3.22. The molecule has 21 heavy (non-hydrogen) atoms. The summed E-state index contributed by atoms with van der Waals surface area (Å²) < 4.78 is 1.86. The molecular formula is C13H23N5O3. The van der Waals surface area contributed by atoms with Crippen molar-refractivity contribution in [3.8, 4) is 0 Å². The van der Waals surface area contributed by atoms with Crippen LogP contribution < -0.4 is 10.6 Å². The predicted molar refractivity (Wildman–Crippen MR) is 76.6 cm³/mol. The molecule has 0 saturated heterocycles. The first kappa shape index (κ1) is 16.9. The van der Waals surface area contributed by atoms with Gasteiger partial charge in [0.05, 0.1) is 6.54 Å². The number of nitrogens with one attached hydrogen (secondary N) is 2. The van der Waals surface area contributed by atoms with E-state index >= 15 is 0 Å². The number of hydrogen-bond donors (Lipinski definition) is 3. The molecule has 0 aliphatic rings. The fraction of sp³-hybridized carbons (Fsp3) is 0.692. The largest absolute Gasteiger partial charge is 0.481 e. The van der Waals surface area contributed by atoms with Crippen molar-refractivity contribution in [2.45, 2.75) is 46.2 Å². The van der Waals surface area contributed by atoms with E-state index in [4.69, 9.17) is 5.11 Å². The first-order valence-corrected chi connectivity index (χ1v) is 7.13. The van der Waals surface area contributed by atoms with Crippen LogP contribution in [0, 0.1) is 5.92 Å². The minimum Gasteiger partial charge on any atom is -0.481 e. The van der Waals surface area contributed by atoms with E-state index in [1.54, 1.807) is 6.33 Å². The van der Waals surface area contributed by atoms with Crippen LogP contribution in [-0.4, -0.2) is 38.4 Å². The molecule has 0 saturated carbocycles. The molecule has 3 N–H and O–H groups in total. The van der Waals surface area contributed by atoms with Gasteiger partial charge in [0.2, 0.25) is 0 Å². The smallest absolute Gasteiger partial charge is 0.315 e. The number of aliphatic carboxylic acids is 1. The lowest BCUT2D eigenvalue weighted by atomic mass is 10.0. The molecule has 1 unspecified atom stereocenters. The number of nitrogens with zero attached hydrogens (tertiary/aromatic N) is 3. The van der Waals surface area contributed by atoms with Crippen molar-refractivity contribution in [2.75, 3.05) is 6.54 Å². The lowest BCUT2D eigenvalue weighted by molar-refractivity contribution is -0.137. The normalized spacial score (nSPS) is 11.9. The molecule has 1 rings (SSSR count). The highest BCUT2D eigenvalue weighted by Gasteiger charge is 2.08. The van der Waals surface area contributed by atoms with Crippen LogP contribution in [-0.2, 0) is 17.9 Å². The number of carboxylic acids is 1. The Morgan fingerprint density at radius 2 is 2.14 bits per heavy atom. The number of rotatable bonds is 9. The van der Waals surface area contributed by atoms with Gasteiger partial charge >= 0.3 is 12.0 Å². The van der Waals surface area contributed by atoms with Crippen LogP contribution in [0.25, 0.3) is 0 Å². The van der Waals surface area contributed by atoms with Gasteiger partial charge < -0.3 is 20.3 Å². The van der Waals surface area contributed by atoms with Gasteiger partial charge in [-0.2, -0.15) is 0 Å². The van der Waals surface area contributed by atoms with Crippen molar-refractivity contribution in [3.05, 3.63) is 12.2 Å². The van der Waals surface area contributed by atoms with Crippen molar-refractivity contribution >= 4 is 12.0 Å². The standard InChI is InChI=1S/C13H23N5O3/c1-3-18-9-16-17-11(18)8-15-13(21)14-7-6-10(2)4-5-12(19)20/h9-10H,3-8H2,1-2H3,(H,19,20)(H2,14,15,21). The highest BCUT2D eigenvalue weighted by Crippen LogP contribution is 2.08. The van der Waals surface area contributed by atoms with Crippen molar-refractivity contribution in [1.82, 2.24) is 25.4 Å². The summed E-state index contributed by atoms with van der Waals surface area (Å²) in [7, 11) is 0. The SMILES string of the molecule is CCn1cnnc1CNC(=O)NCCC(C)CCC(=O)O. The van der Waals surface area contributed by atoms with Crippen LogP contribution in [0.1, 0.15) is 38.9 Å². The highest BCUT2D eigenvalue weighted by molar-refractivity contribution is 5.73. The summed E-state index contributed by atoms with van der Waals surface area (Å²) in [5.74, 6) is 0.194. The summed E-state index contributed by atoms with van der Waals surface area (Å²) in [6, 6.07) is -0.258. The Bertz CT molecular complexity index is 460. The average Bonchev–Trinajstić information content (AvgIpc) is 2.90. The van der Waals surface area contributed by atoms with Crippen molar-refractivity contribution in [2.24, 2.45) is 5.92 Å². The number of aromatic nitrogens is 3. The van der Waals surface area contributed by atoms with Crippen LogP contribution in [0.15, 0.2) is 6.33 Å². The van der Waals surface area contributed by atoms with Crippen LogP contribution >= 0.6 is 0 Å². The zero-order valence-corrected chi connectivity index (χ0v) is 12.5. The maximum Gasteiger partial charge on any atom is 0.315 e. The number of carboxylic acid groups (broad SMARTS) is 1. The fourth-order valence-corrected chi connectivity index (χ4v) is 1.85. The van der Waals surface area contributed by atoms with Crippen molar-refractivity contribution in [1.29, 1.82) is 0 Å². The Hall–Kier alpha value is -2.12. The van der Waals surface area contributed by atoms with Gasteiger partial charge in [-0.25, -0.2) is 4.79 Å². The number of hydrogen-bond acceptors (Lipinski definition) is 4. The van der Waals surface area contributed by atoms with E-state index in [-0.39, 0.29) is 18.4 Å². The minimum absolute atomic E-state index is 0.167. The second kappa shape index (κ2) is 8.93. The molecule has 0 aliphatic heterocycles. The average molecular weight is 297 g/mol. The Labute approximate surface area is 123 Å². The molecule has 0 aliphatic carbocycles. The first-order chi connectivity index (χ1) is 10.0. The molecule has 0 spiro atoms. The molecule has 8 heteroatoms. The quantitative estimate of drug-likeness (QED) is 0.629. The first-order valence-electron chi connectivity index (χ1n) is 7.13. The van der Waals surface area contributed by atoms with Gasteiger partial charge in [0, 0.05) is 19.5 Å².